The van der Waals surface area contributed by atoms with E-state index < -0.39 is 0 Å². The van der Waals surface area contributed by atoms with Crippen LogP contribution in [-0.4, -0.2) is 4.57 Å². The Kier molecular flexibility index (Phi) is 9.21. The molecule has 0 fully saturated rings. The van der Waals surface area contributed by atoms with Crippen LogP contribution in [0.2, 0.25) is 0 Å². The lowest BCUT2D eigenvalue weighted by Crippen LogP contribution is -2.15. The lowest BCUT2D eigenvalue weighted by Gasteiger charge is -2.30. The summed E-state index contributed by atoms with van der Waals surface area (Å²) in [6.07, 6.45) is 0. The van der Waals surface area contributed by atoms with Crippen LogP contribution in [-0.2, 0) is 5.41 Å². The Hall–Kier alpha value is -8.20. The van der Waals surface area contributed by atoms with Crippen molar-refractivity contribution in [1.82, 2.24) is 4.57 Å². The number of benzene rings is 10. The van der Waals surface area contributed by atoms with Crippen LogP contribution in [0.3, 0.4) is 0 Å². The predicted octanol–water partition coefficient (Wildman–Crippen LogP) is 17.2. The zero-order valence-corrected chi connectivity index (χ0v) is 36.5. The molecule has 1 heterocycles. The second-order valence-corrected chi connectivity index (χ2v) is 17.7. The third-order valence-electron chi connectivity index (χ3n) is 13.6. The van der Waals surface area contributed by atoms with Crippen LogP contribution in [0.5, 0.6) is 0 Å². The molecule has 0 saturated carbocycles. The summed E-state index contributed by atoms with van der Waals surface area (Å²) in [6, 6.07) is 88.8. The number of hydrogen-bond acceptors (Lipinski definition) is 1. The van der Waals surface area contributed by atoms with Crippen molar-refractivity contribution in [2.75, 3.05) is 4.90 Å². The molecule has 0 N–H and O–H groups in total. The molecule has 10 aromatic carbocycles. The number of fused-ring (bicyclic) bond motifs is 6. The lowest BCUT2D eigenvalue weighted by molar-refractivity contribution is 0.660. The van der Waals surface area contributed by atoms with Gasteiger partial charge in [-0.3, -0.25) is 0 Å². The molecule has 0 bridgehead atoms. The maximum atomic E-state index is 2.47. The van der Waals surface area contributed by atoms with Gasteiger partial charge in [0.1, 0.15) is 0 Å². The molecule has 0 atom stereocenters. The fraction of sp³-hybridized carbons (Fsp3) is 0.0476. The molecule has 0 unspecified atom stereocenters. The van der Waals surface area contributed by atoms with Crippen molar-refractivity contribution in [2.24, 2.45) is 0 Å². The van der Waals surface area contributed by atoms with Gasteiger partial charge < -0.3 is 9.47 Å². The van der Waals surface area contributed by atoms with E-state index in [1.807, 2.05) is 0 Å². The van der Waals surface area contributed by atoms with Crippen LogP contribution in [0.15, 0.2) is 243 Å². The SMILES string of the molecule is CC1(C)c2ccccc2-c2c(-c3ccccc3N(c3ccc(-c4ccc5c(c4)c4ccccc4n5-c4ccccc4)cc3)c3ccccc3-c3ccc(-c4ccccc4)cc3)cccc21. The minimum Gasteiger partial charge on any atom is -0.309 e. The molecule has 2 nitrogen and oxygen atoms in total. The van der Waals surface area contributed by atoms with E-state index in [4.69, 9.17) is 0 Å². The van der Waals surface area contributed by atoms with Gasteiger partial charge in [0.25, 0.3) is 0 Å². The number of aromatic nitrogens is 1. The molecular formula is C63H46N2. The number of hydrogen-bond donors (Lipinski definition) is 0. The summed E-state index contributed by atoms with van der Waals surface area (Å²) >= 11 is 0. The van der Waals surface area contributed by atoms with Crippen LogP contribution in [0.25, 0.3) is 83.1 Å². The molecule has 1 aromatic heterocycles. The van der Waals surface area contributed by atoms with E-state index in [1.54, 1.807) is 0 Å². The standard InChI is InChI=1S/C63H46N2/c1-63(2)56-27-13-9-25-54(56)62-53(26-17-28-57(62)63)51-23-11-15-30-59(51)65(58-29-14-10-22-50(58)46-34-32-44(33-35-46)43-18-5-3-6-19-43)49-39-36-45(37-40-49)47-38-41-61-55(42-47)52-24-12-16-31-60(52)64(61)48-20-7-4-8-21-48/h3-42H,1-2H3. The number of anilines is 3. The largest absolute Gasteiger partial charge is 0.309 e. The zero-order valence-electron chi connectivity index (χ0n) is 36.5. The van der Waals surface area contributed by atoms with Crippen LogP contribution in [0, 0.1) is 0 Å². The smallest absolute Gasteiger partial charge is 0.0541 e. The topological polar surface area (TPSA) is 8.17 Å². The Balaban J connectivity index is 1.02. The summed E-state index contributed by atoms with van der Waals surface area (Å²) in [6.45, 7) is 4.72. The molecule has 0 radical (unpaired) electrons. The Morgan fingerprint density at radius 3 is 1.62 bits per heavy atom. The molecule has 0 saturated heterocycles. The molecule has 0 aliphatic heterocycles. The third-order valence-corrected chi connectivity index (χ3v) is 13.6. The highest BCUT2D eigenvalue weighted by atomic mass is 15.1. The van der Waals surface area contributed by atoms with Crippen LogP contribution >= 0.6 is 0 Å². The fourth-order valence-electron chi connectivity index (χ4n) is 10.5. The summed E-state index contributed by atoms with van der Waals surface area (Å²) < 4.78 is 2.38. The first-order valence-corrected chi connectivity index (χ1v) is 22.6. The summed E-state index contributed by atoms with van der Waals surface area (Å²) in [5, 5.41) is 2.49. The highest BCUT2D eigenvalue weighted by Gasteiger charge is 2.37. The first-order valence-electron chi connectivity index (χ1n) is 22.6. The van der Waals surface area contributed by atoms with E-state index in [9.17, 15) is 0 Å². The summed E-state index contributed by atoms with van der Waals surface area (Å²) in [4.78, 5) is 2.47. The van der Waals surface area contributed by atoms with Crippen LogP contribution in [0.1, 0.15) is 25.0 Å². The normalized spacial score (nSPS) is 12.6. The maximum Gasteiger partial charge on any atom is 0.0541 e. The van der Waals surface area contributed by atoms with E-state index >= 15 is 0 Å². The van der Waals surface area contributed by atoms with Crippen molar-refractivity contribution in [2.45, 2.75) is 19.3 Å². The molecule has 0 amide bonds. The molecule has 1 aliphatic rings. The fourth-order valence-corrected chi connectivity index (χ4v) is 10.5. The molecule has 2 heteroatoms. The van der Waals surface area contributed by atoms with Gasteiger partial charge >= 0.3 is 0 Å². The summed E-state index contributed by atoms with van der Waals surface area (Å²) in [7, 11) is 0. The molecule has 1 aliphatic carbocycles. The van der Waals surface area contributed by atoms with Crippen molar-refractivity contribution in [1.29, 1.82) is 0 Å². The van der Waals surface area contributed by atoms with Gasteiger partial charge in [0, 0.05) is 38.7 Å². The van der Waals surface area contributed by atoms with E-state index in [0.29, 0.717) is 0 Å². The molecule has 12 rings (SSSR count). The molecule has 0 spiro atoms. The quantitative estimate of drug-likeness (QED) is 0.148. The highest BCUT2D eigenvalue weighted by molar-refractivity contribution is 6.10. The Morgan fingerprint density at radius 2 is 0.846 bits per heavy atom. The van der Waals surface area contributed by atoms with Crippen molar-refractivity contribution >= 4 is 38.9 Å². The third kappa shape index (κ3) is 6.40. The summed E-state index contributed by atoms with van der Waals surface area (Å²) in [5.74, 6) is 0. The minimum atomic E-state index is -0.107. The van der Waals surface area contributed by atoms with E-state index in [-0.39, 0.29) is 5.41 Å². The van der Waals surface area contributed by atoms with Gasteiger partial charge in [-0.05, 0) is 110 Å². The van der Waals surface area contributed by atoms with Gasteiger partial charge in [0.05, 0.1) is 22.4 Å². The average Bonchev–Trinajstić information content (AvgIpc) is 3.83. The van der Waals surface area contributed by atoms with Crippen molar-refractivity contribution in [3.05, 3.63) is 254 Å². The first kappa shape index (κ1) is 38.5. The first-order chi connectivity index (χ1) is 32.0. The van der Waals surface area contributed by atoms with Crippen molar-refractivity contribution in [3.63, 3.8) is 0 Å². The van der Waals surface area contributed by atoms with Gasteiger partial charge in [-0.1, -0.05) is 202 Å². The van der Waals surface area contributed by atoms with Gasteiger partial charge in [-0.25, -0.2) is 0 Å². The monoisotopic (exact) mass is 830 g/mol. The Morgan fingerprint density at radius 1 is 0.338 bits per heavy atom. The Bertz CT molecular complexity index is 3540. The second kappa shape index (κ2) is 15.6. The second-order valence-electron chi connectivity index (χ2n) is 17.7. The van der Waals surface area contributed by atoms with E-state index in [2.05, 4.69) is 266 Å². The van der Waals surface area contributed by atoms with Gasteiger partial charge in [0.2, 0.25) is 0 Å². The van der Waals surface area contributed by atoms with Crippen LogP contribution < -0.4 is 4.90 Å². The maximum absolute atomic E-state index is 2.47. The highest BCUT2D eigenvalue weighted by Crippen LogP contribution is 2.54. The van der Waals surface area contributed by atoms with Gasteiger partial charge in [0.15, 0.2) is 0 Å². The molecule has 308 valence electrons. The van der Waals surface area contributed by atoms with Gasteiger partial charge in [-0.15, -0.1) is 0 Å². The number of rotatable bonds is 8. The number of nitrogens with zero attached hydrogens (tertiary/aromatic N) is 2. The van der Waals surface area contributed by atoms with Crippen molar-refractivity contribution < 1.29 is 0 Å². The predicted molar refractivity (Wildman–Crippen MR) is 275 cm³/mol. The van der Waals surface area contributed by atoms with Crippen LogP contribution in [0.4, 0.5) is 17.1 Å². The van der Waals surface area contributed by atoms with Gasteiger partial charge in [-0.2, -0.15) is 0 Å². The van der Waals surface area contributed by atoms with E-state index in [0.717, 1.165) is 28.3 Å². The van der Waals surface area contributed by atoms with Crippen molar-refractivity contribution in [3.8, 4) is 61.3 Å². The number of para-hydroxylation sites is 4. The molecule has 11 aromatic rings. The zero-order chi connectivity index (χ0) is 43.5. The molecule has 65 heavy (non-hydrogen) atoms. The average molecular weight is 831 g/mol. The Labute approximate surface area is 381 Å². The molecular weight excluding hydrogens is 785 g/mol. The van der Waals surface area contributed by atoms with E-state index in [1.165, 1.54) is 83.0 Å². The minimum absolute atomic E-state index is 0.107. The lowest BCUT2D eigenvalue weighted by atomic mass is 9.82. The summed E-state index contributed by atoms with van der Waals surface area (Å²) in [5.41, 5.74) is 21.7.